The van der Waals surface area contributed by atoms with Gasteiger partial charge in [0.2, 0.25) is 0 Å². The number of benzene rings is 10. The zero-order valence-electron chi connectivity index (χ0n) is 33.9. The van der Waals surface area contributed by atoms with Crippen molar-refractivity contribution in [1.29, 1.82) is 0 Å². The Labute approximate surface area is 367 Å². The number of thiophene rings is 1. The van der Waals surface area contributed by atoms with Crippen LogP contribution < -0.4 is 0 Å². The highest BCUT2D eigenvalue weighted by Crippen LogP contribution is 2.59. The molecule has 10 aromatic carbocycles. The van der Waals surface area contributed by atoms with E-state index in [1.807, 2.05) is 36.1 Å². The van der Waals surface area contributed by atoms with Gasteiger partial charge >= 0.3 is 0 Å². The first-order valence-electron chi connectivity index (χ1n) is 21.5. The molecular weight excluding hydrogens is 781 g/mol. The molecule has 13 aromatic rings. The van der Waals surface area contributed by atoms with E-state index in [2.05, 4.69) is 192 Å². The maximum absolute atomic E-state index is 4.44. The third kappa shape index (κ3) is 4.94. The number of fused-ring (bicyclic) bond motifs is 13. The normalized spacial score (nSPS) is 12.1. The average molecular weight is 815 g/mol. The Morgan fingerprint density at radius 1 is 0.270 bits per heavy atom. The van der Waals surface area contributed by atoms with E-state index < -0.39 is 0 Å². The molecule has 63 heavy (non-hydrogen) atoms. The molecule has 3 heteroatoms. The summed E-state index contributed by atoms with van der Waals surface area (Å²) in [4.78, 5) is 8.87. The van der Waals surface area contributed by atoms with Crippen molar-refractivity contribution in [2.24, 2.45) is 0 Å². The van der Waals surface area contributed by atoms with Crippen LogP contribution in [0.15, 0.2) is 207 Å². The molecule has 0 radical (unpaired) electrons. The second-order valence-electron chi connectivity index (χ2n) is 16.8. The van der Waals surface area contributed by atoms with Crippen molar-refractivity contribution in [2.75, 3.05) is 0 Å². The molecule has 1 aliphatic rings. The van der Waals surface area contributed by atoms with Gasteiger partial charge in [0.05, 0.1) is 0 Å². The van der Waals surface area contributed by atoms with Gasteiger partial charge in [0, 0.05) is 50.5 Å². The molecule has 0 saturated carbocycles. The Bertz CT molecular complexity index is 3950. The molecule has 0 bridgehead atoms. The number of hydrogen-bond donors (Lipinski definition) is 0. The third-order valence-corrected chi connectivity index (χ3v) is 14.8. The molecule has 290 valence electrons. The fourth-order valence-corrected chi connectivity index (χ4v) is 12.2. The van der Waals surface area contributed by atoms with Crippen molar-refractivity contribution in [3.05, 3.63) is 207 Å². The summed E-state index contributed by atoms with van der Waals surface area (Å²) in [6, 6.07) is 67.9. The minimum Gasteiger partial charge on any atom is -0.265 e. The van der Waals surface area contributed by atoms with Crippen LogP contribution in [0.2, 0.25) is 0 Å². The first-order valence-corrected chi connectivity index (χ1v) is 22.4. The van der Waals surface area contributed by atoms with E-state index in [-0.39, 0.29) is 0 Å². The number of hydrogen-bond acceptors (Lipinski definition) is 3. The van der Waals surface area contributed by atoms with Crippen molar-refractivity contribution in [2.45, 2.75) is 0 Å². The van der Waals surface area contributed by atoms with E-state index in [0.717, 1.165) is 0 Å². The van der Waals surface area contributed by atoms with Crippen LogP contribution in [-0.2, 0) is 0 Å². The van der Waals surface area contributed by atoms with Crippen LogP contribution in [0.25, 0.3) is 141 Å². The Morgan fingerprint density at radius 2 is 0.762 bits per heavy atom. The van der Waals surface area contributed by atoms with E-state index in [0.29, 0.717) is 0 Å². The molecular formula is C60H34N2S. The molecule has 0 saturated heterocycles. The summed E-state index contributed by atoms with van der Waals surface area (Å²) in [5.41, 5.74) is 14.9. The van der Waals surface area contributed by atoms with E-state index in [4.69, 9.17) is 0 Å². The van der Waals surface area contributed by atoms with E-state index in [1.54, 1.807) is 0 Å². The number of rotatable bonds is 4. The summed E-state index contributed by atoms with van der Waals surface area (Å²) >= 11 is 1.90. The molecule has 0 atom stereocenters. The molecule has 3 aromatic heterocycles. The Hall–Kier alpha value is -7.98. The van der Waals surface area contributed by atoms with Crippen LogP contribution in [0.3, 0.4) is 0 Å². The van der Waals surface area contributed by atoms with Crippen molar-refractivity contribution in [3.8, 4) is 66.8 Å². The Kier molecular flexibility index (Phi) is 7.30. The van der Waals surface area contributed by atoms with Crippen LogP contribution in [0.5, 0.6) is 0 Å². The predicted octanol–water partition coefficient (Wildman–Crippen LogP) is 16.9. The van der Waals surface area contributed by atoms with Gasteiger partial charge in [0.15, 0.2) is 0 Å². The largest absolute Gasteiger partial charge is 0.265 e. The molecule has 0 fully saturated rings. The minimum atomic E-state index is 1.17. The first-order chi connectivity index (χ1) is 31.3. The fraction of sp³-hybridized carbons (Fsp3) is 0. The maximum atomic E-state index is 4.44. The lowest BCUT2D eigenvalue weighted by atomic mass is 9.83. The Balaban J connectivity index is 1.07. The monoisotopic (exact) mass is 814 g/mol. The Morgan fingerprint density at radius 3 is 1.40 bits per heavy atom. The van der Waals surface area contributed by atoms with Gasteiger partial charge in [-0.3, -0.25) is 9.97 Å². The molecule has 0 unspecified atom stereocenters. The highest BCUT2D eigenvalue weighted by molar-refractivity contribution is 7.26. The minimum absolute atomic E-state index is 1.17. The van der Waals surface area contributed by atoms with Crippen molar-refractivity contribution < 1.29 is 0 Å². The number of aromatic nitrogens is 2. The van der Waals surface area contributed by atoms with Crippen molar-refractivity contribution in [1.82, 2.24) is 9.97 Å². The van der Waals surface area contributed by atoms with E-state index in [1.165, 1.54) is 141 Å². The summed E-state index contributed by atoms with van der Waals surface area (Å²) in [5.74, 6) is 0. The zero-order valence-corrected chi connectivity index (χ0v) is 34.7. The molecule has 0 aliphatic heterocycles. The van der Waals surface area contributed by atoms with Crippen molar-refractivity contribution >= 4 is 85.4 Å². The van der Waals surface area contributed by atoms with E-state index in [9.17, 15) is 0 Å². The smallest absolute Gasteiger partial charge is 0.0434 e. The number of pyridine rings is 2. The summed E-state index contributed by atoms with van der Waals surface area (Å²) < 4.78 is 2.62. The molecule has 0 amide bonds. The van der Waals surface area contributed by atoms with Gasteiger partial charge in [0.1, 0.15) is 0 Å². The summed E-state index contributed by atoms with van der Waals surface area (Å²) in [7, 11) is 0. The molecule has 1 aliphatic carbocycles. The lowest BCUT2D eigenvalue weighted by Crippen LogP contribution is -1.93. The SMILES string of the molecule is c1ccc2c(c1)sc1c(-c3ccc4c5c(cccc35)-c3c-4c(-c4ccncc4)c4ccccc4c3-c3ccncc3)cc(-c3ccc4c5ccccc5c5ccccc5c4c3)cc12. The average Bonchev–Trinajstić information content (AvgIpc) is 3.90. The van der Waals surface area contributed by atoms with Gasteiger partial charge in [0.25, 0.3) is 0 Å². The van der Waals surface area contributed by atoms with Gasteiger partial charge in [-0.25, -0.2) is 0 Å². The van der Waals surface area contributed by atoms with Crippen LogP contribution in [-0.4, -0.2) is 9.97 Å². The standard InChI is InChI=1S/C60H34N2S/c1-2-12-41-39(10-1)40-11-3-4-13-42(40)51-32-37(20-21-43(41)51)38-33-52(60-53(34-38)45-14-7-8-19-54(45)63-60)44-22-23-50-57-46(44)17-9-18-49(57)58-55(35-24-28-61-29-25-35)47-15-5-6-16-48(47)56(59(50)58)36-26-30-62-31-27-36/h1-34H. The lowest BCUT2D eigenvalue weighted by Gasteiger charge is -2.20. The third-order valence-electron chi connectivity index (χ3n) is 13.6. The topological polar surface area (TPSA) is 25.8 Å². The van der Waals surface area contributed by atoms with Gasteiger partial charge in [-0.2, -0.15) is 0 Å². The van der Waals surface area contributed by atoms with Crippen LogP contribution in [0.1, 0.15) is 0 Å². The molecule has 3 heterocycles. The number of nitrogens with zero attached hydrogens (tertiary/aromatic N) is 2. The molecule has 0 spiro atoms. The van der Waals surface area contributed by atoms with Gasteiger partial charge < -0.3 is 0 Å². The summed E-state index contributed by atoms with van der Waals surface area (Å²) in [6.45, 7) is 0. The van der Waals surface area contributed by atoms with Crippen LogP contribution in [0, 0.1) is 0 Å². The van der Waals surface area contributed by atoms with Crippen LogP contribution in [0.4, 0.5) is 0 Å². The first kappa shape index (κ1) is 34.7. The van der Waals surface area contributed by atoms with Crippen molar-refractivity contribution in [3.63, 3.8) is 0 Å². The summed E-state index contributed by atoms with van der Waals surface area (Å²) in [5, 5.41) is 15.3. The van der Waals surface area contributed by atoms with E-state index >= 15 is 0 Å². The fourth-order valence-electron chi connectivity index (χ4n) is 11.0. The second-order valence-corrected chi connectivity index (χ2v) is 17.8. The van der Waals surface area contributed by atoms with Gasteiger partial charge in [-0.15, -0.1) is 11.3 Å². The highest BCUT2D eigenvalue weighted by atomic mass is 32.1. The second kappa shape index (κ2) is 13.3. The van der Waals surface area contributed by atoms with Gasteiger partial charge in [-0.05, 0) is 164 Å². The summed E-state index contributed by atoms with van der Waals surface area (Å²) in [6.07, 6.45) is 7.66. The van der Waals surface area contributed by atoms with Crippen LogP contribution >= 0.6 is 11.3 Å². The zero-order chi connectivity index (χ0) is 41.2. The van der Waals surface area contributed by atoms with Gasteiger partial charge in [-0.1, -0.05) is 133 Å². The quantitative estimate of drug-likeness (QED) is 0.165. The highest BCUT2D eigenvalue weighted by Gasteiger charge is 2.31. The lowest BCUT2D eigenvalue weighted by molar-refractivity contribution is 1.33. The maximum Gasteiger partial charge on any atom is 0.0434 e. The predicted molar refractivity (Wildman–Crippen MR) is 269 cm³/mol. The molecule has 14 rings (SSSR count). The molecule has 2 nitrogen and oxygen atoms in total. The molecule has 0 N–H and O–H groups in total.